The standard InChI is InChI=1S/C28H31N3O3S/c32-28(31-21-19-30(20-22-31)18-10-15-24-11-4-1-5-12-24)27(23-25-13-6-2-7-14-25)29-35(33,34)26-16-8-3-9-17-26/h1-17,27,29H,18-23H2/b15-10+/t27-/m0/s1. The van der Waals surface area contributed by atoms with E-state index in [4.69, 9.17) is 0 Å². The molecule has 0 aromatic heterocycles. The van der Waals surface area contributed by atoms with Gasteiger partial charge in [0.2, 0.25) is 15.9 Å². The highest BCUT2D eigenvalue weighted by molar-refractivity contribution is 7.89. The number of hydrogen-bond donors (Lipinski definition) is 1. The van der Waals surface area contributed by atoms with Gasteiger partial charge in [0.1, 0.15) is 6.04 Å². The van der Waals surface area contributed by atoms with Crippen molar-refractivity contribution in [2.45, 2.75) is 17.4 Å². The Bertz CT molecular complexity index is 1210. The van der Waals surface area contributed by atoms with Crippen LogP contribution in [0.15, 0.2) is 102 Å². The second-order valence-electron chi connectivity index (χ2n) is 8.62. The predicted molar refractivity (Wildman–Crippen MR) is 139 cm³/mol. The van der Waals surface area contributed by atoms with Crippen LogP contribution in [-0.2, 0) is 21.2 Å². The summed E-state index contributed by atoms with van der Waals surface area (Å²) in [4.78, 5) is 17.7. The van der Waals surface area contributed by atoms with E-state index in [1.807, 2.05) is 48.5 Å². The van der Waals surface area contributed by atoms with Gasteiger partial charge >= 0.3 is 0 Å². The van der Waals surface area contributed by atoms with Gasteiger partial charge in [-0.1, -0.05) is 91.0 Å². The zero-order valence-corrected chi connectivity index (χ0v) is 20.5. The molecule has 1 aliphatic rings. The summed E-state index contributed by atoms with van der Waals surface area (Å²) < 4.78 is 28.7. The third-order valence-electron chi connectivity index (χ3n) is 6.09. The molecule has 0 saturated carbocycles. The second-order valence-corrected chi connectivity index (χ2v) is 10.3. The molecule has 0 radical (unpaired) electrons. The summed E-state index contributed by atoms with van der Waals surface area (Å²) >= 11 is 0. The maximum Gasteiger partial charge on any atom is 0.241 e. The quantitative estimate of drug-likeness (QED) is 0.500. The van der Waals surface area contributed by atoms with E-state index in [1.165, 1.54) is 12.1 Å². The minimum atomic E-state index is -3.83. The van der Waals surface area contributed by atoms with Gasteiger partial charge in [0, 0.05) is 32.7 Å². The Kier molecular flexibility index (Phi) is 8.47. The van der Waals surface area contributed by atoms with E-state index < -0.39 is 16.1 Å². The van der Waals surface area contributed by atoms with Crippen molar-refractivity contribution >= 4 is 22.0 Å². The fourth-order valence-corrected chi connectivity index (χ4v) is 5.37. The molecule has 3 aromatic rings. The molecule has 1 N–H and O–H groups in total. The molecule has 1 saturated heterocycles. The Morgan fingerprint density at radius 2 is 1.40 bits per heavy atom. The van der Waals surface area contributed by atoms with Crippen LogP contribution in [0.5, 0.6) is 0 Å². The Balaban J connectivity index is 1.40. The van der Waals surface area contributed by atoms with Crippen LogP contribution in [-0.4, -0.2) is 62.9 Å². The van der Waals surface area contributed by atoms with E-state index >= 15 is 0 Å². The number of piperazine rings is 1. The van der Waals surface area contributed by atoms with Gasteiger partial charge in [0.05, 0.1) is 4.90 Å². The molecule has 35 heavy (non-hydrogen) atoms. The lowest BCUT2D eigenvalue weighted by atomic mass is 10.1. The Labute approximate surface area is 207 Å². The van der Waals surface area contributed by atoms with Crippen molar-refractivity contribution < 1.29 is 13.2 Å². The van der Waals surface area contributed by atoms with E-state index in [1.54, 1.807) is 23.1 Å². The molecule has 6 nitrogen and oxygen atoms in total. The van der Waals surface area contributed by atoms with Crippen LogP contribution in [0.2, 0.25) is 0 Å². The molecule has 7 heteroatoms. The lowest BCUT2D eigenvalue weighted by molar-refractivity contribution is -0.134. The highest BCUT2D eigenvalue weighted by Crippen LogP contribution is 2.14. The predicted octanol–water partition coefficient (Wildman–Crippen LogP) is 3.43. The van der Waals surface area contributed by atoms with E-state index in [0.29, 0.717) is 19.5 Å². The van der Waals surface area contributed by atoms with Gasteiger partial charge in [0.15, 0.2) is 0 Å². The number of amides is 1. The Hall–Kier alpha value is -3.26. The van der Waals surface area contributed by atoms with Gasteiger partial charge in [-0.25, -0.2) is 8.42 Å². The molecular weight excluding hydrogens is 458 g/mol. The molecule has 1 atom stereocenters. The average Bonchev–Trinajstić information content (AvgIpc) is 2.90. The number of hydrogen-bond acceptors (Lipinski definition) is 4. The van der Waals surface area contributed by atoms with E-state index in [2.05, 4.69) is 33.9 Å². The van der Waals surface area contributed by atoms with Crippen LogP contribution in [0, 0.1) is 0 Å². The summed E-state index contributed by atoms with van der Waals surface area (Å²) in [6.45, 7) is 3.43. The first-order valence-corrected chi connectivity index (χ1v) is 13.3. The number of carbonyl (C=O) groups is 1. The number of rotatable bonds is 9. The van der Waals surface area contributed by atoms with Crippen LogP contribution < -0.4 is 4.72 Å². The normalized spacial score (nSPS) is 15.8. The summed E-state index contributed by atoms with van der Waals surface area (Å²) in [6.07, 6.45) is 4.54. The highest BCUT2D eigenvalue weighted by atomic mass is 32.2. The molecule has 1 fully saturated rings. The summed E-state index contributed by atoms with van der Waals surface area (Å²) in [5, 5.41) is 0. The fourth-order valence-electron chi connectivity index (χ4n) is 4.16. The van der Waals surface area contributed by atoms with Crippen molar-refractivity contribution in [1.82, 2.24) is 14.5 Å². The third kappa shape index (κ3) is 7.11. The largest absolute Gasteiger partial charge is 0.339 e. The molecule has 4 rings (SSSR count). The van der Waals surface area contributed by atoms with E-state index in [-0.39, 0.29) is 10.8 Å². The molecule has 1 aliphatic heterocycles. The molecule has 0 bridgehead atoms. The second kappa shape index (κ2) is 11.9. The topological polar surface area (TPSA) is 69.7 Å². The van der Waals surface area contributed by atoms with Crippen LogP contribution in [0.1, 0.15) is 11.1 Å². The maximum absolute atomic E-state index is 13.5. The molecule has 0 aliphatic carbocycles. The van der Waals surface area contributed by atoms with Gasteiger partial charge in [-0.2, -0.15) is 4.72 Å². The molecule has 182 valence electrons. The summed E-state index contributed by atoms with van der Waals surface area (Å²) in [7, 11) is -3.83. The number of nitrogens with zero attached hydrogens (tertiary/aromatic N) is 2. The monoisotopic (exact) mass is 489 g/mol. The fraction of sp³-hybridized carbons (Fsp3) is 0.250. The van der Waals surface area contributed by atoms with Gasteiger partial charge in [-0.05, 0) is 29.7 Å². The van der Waals surface area contributed by atoms with Gasteiger partial charge in [0.25, 0.3) is 0 Å². The zero-order valence-electron chi connectivity index (χ0n) is 19.7. The Morgan fingerprint density at radius 1 is 0.829 bits per heavy atom. The van der Waals surface area contributed by atoms with E-state index in [0.717, 1.165) is 30.8 Å². The van der Waals surface area contributed by atoms with Crippen LogP contribution in [0.25, 0.3) is 6.08 Å². The highest BCUT2D eigenvalue weighted by Gasteiger charge is 2.31. The third-order valence-corrected chi connectivity index (χ3v) is 7.58. The van der Waals surface area contributed by atoms with Crippen LogP contribution in [0.3, 0.4) is 0 Å². The van der Waals surface area contributed by atoms with Crippen molar-refractivity contribution in [3.8, 4) is 0 Å². The number of benzene rings is 3. The lowest BCUT2D eigenvalue weighted by Gasteiger charge is -2.36. The van der Waals surface area contributed by atoms with Crippen LogP contribution >= 0.6 is 0 Å². The minimum absolute atomic E-state index is 0.154. The molecule has 1 amide bonds. The first-order valence-electron chi connectivity index (χ1n) is 11.9. The van der Waals surface area contributed by atoms with Crippen molar-refractivity contribution in [3.63, 3.8) is 0 Å². The van der Waals surface area contributed by atoms with Crippen LogP contribution in [0.4, 0.5) is 0 Å². The number of carbonyl (C=O) groups excluding carboxylic acids is 1. The van der Waals surface area contributed by atoms with Crippen molar-refractivity contribution in [3.05, 3.63) is 108 Å². The van der Waals surface area contributed by atoms with Crippen molar-refractivity contribution in [2.24, 2.45) is 0 Å². The summed E-state index contributed by atoms with van der Waals surface area (Å²) in [5.74, 6) is -0.187. The smallest absolute Gasteiger partial charge is 0.241 e. The summed E-state index contributed by atoms with van der Waals surface area (Å²) in [5.41, 5.74) is 2.07. The van der Waals surface area contributed by atoms with Crippen molar-refractivity contribution in [2.75, 3.05) is 32.7 Å². The van der Waals surface area contributed by atoms with Gasteiger partial charge < -0.3 is 4.90 Å². The number of sulfonamides is 1. The average molecular weight is 490 g/mol. The Morgan fingerprint density at radius 3 is 2.03 bits per heavy atom. The number of nitrogens with one attached hydrogen (secondary N) is 1. The zero-order chi connectivity index (χ0) is 24.5. The maximum atomic E-state index is 13.5. The minimum Gasteiger partial charge on any atom is -0.339 e. The summed E-state index contributed by atoms with van der Waals surface area (Å²) in [6, 6.07) is 27.0. The lowest BCUT2D eigenvalue weighted by Crippen LogP contribution is -2.55. The first-order chi connectivity index (χ1) is 17.0. The van der Waals surface area contributed by atoms with Gasteiger partial charge in [-0.3, -0.25) is 9.69 Å². The SMILES string of the molecule is O=C([C@H](Cc1ccccc1)NS(=O)(=O)c1ccccc1)N1CCN(C/C=C/c2ccccc2)CC1. The first kappa shape index (κ1) is 24.9. The molecule has 3 aromatic carbocycles. The molecule has 0 unspecified atom stereocenters. The molecule has 0 spiro atoms. The molecule has 1 heterocycles. The van der Waals surface area contributed by atoms with Gasteiger partial charge in [-0.15, -0.1) is 0 Å². The molecular formula is C28H31N3O3S. The van der Waals surface area contributed by atoms with E-state index in [9.17, 15) is 13.2 Å². The van der Waals surface area contributed by atoms with Crippen molar-refractivity contribution in [1.29, 1.82) is 0 Å².